The van der Waals surface area contributed by atoms with Crippen molar-refractivity contribution >= 4 is 0 Å². The number of hydrogen-bond donors (Lipinski definition) is 1. The van der Waals surface area contributed by atoms with Crippen LogP contribution in [0.2, 0.25) is 0 Å². The summed E-state index contributed by atoms with van der Waals surface area (Å²) in [5, 5.41) is 3.74. The molecule has 1 aromatic rings. The van der Waals surface area contributed by atoms with Crippen molar-refractivity contribution in [2.24, 2.45) is 0 Å². The first kappa shape index (κ1) is 13.5. The molecule has 0 saturated heterocycles. The van der Waals surface area contributed by atoms with E-state index >= 15 is 0 Å². The Bertz CT molecular complexity index is 347. The highest BCUT2D eigenvalue weighted by Gasteiger charge is 2.30. The molecule has 1 fully saturated rings. The van der Waals surface area contributed by atoms with Crippen LogP contribution in [-0.2, 0) is 4.74 Å². The Morgan fingerprint density at radius 2 is 1.94 bits per heavy atom. The van der Waals surface area contributed by atoms with Crippen molar-refractivity contribution < 1.29 is 4.74 Å². The summed E-state index contributed by atoms with van der Waals surface area (Å²) >= 11 is 0. The Morgan fingerprint density at radius 3 is 2.50 bits per heavy atom. The molecule has 100 valence electrons. The molecule has 1 saturated carbocycles. The third-order valence-corrected chi connectivity index (χ3v) is 3.61. The van der Waals surface area contributed by atoms with Crippen LogP contribution in [0.15, 0.2) is 30.3 Å². The van der Waals surface area contributed by atoms with Crippen molar-refractivity contribution in [1.82, 2.24) is 10.2 Å². The third kappa shape index (κ3) is 3.55. The smallest absolute Gasteiger partial charge is 0.0601 e. The predicted octanol–water partition coefficient (Wildman–Crippen LogP) is 2.06. The molecule has 1 unspecified atom stereocenters. The zero-order valence-electron chi connectivity index (χ0n) is 11.6. The summed E-state index contributed by atoms with van der Waals surface area (Å²) in [6.07, 6.45) is 2.72. The van der Waals surface area contributed by atoms with Crippen LogP contribution >= 0.6 is 0 Å². The average molecular weight is 248 g/mol. The van der Waals surface area contributed by atoms with Crippen molar-refractivity contribution in [1.29, 1.82) is 0 Å². The second kappa shape index (κ2) is 6.32. The molecule has 1 N–H and O–H groups in total. The van der Waals surface area contributed by atoms with E-state index in [4.69, 9.17) is 4.74 Å². The van der Waals surface area contributed by atoms with E-state index in [2.05, 4.69) is 54.6 Å². The molecule has 2 rings (SSSR count). The molecule has 1 aliphatic carbocycles. The molecular formula is C15H24N2O. The average Bonchev–Trinajstić information content (AvgIpc) is 2.32. The second-order valence-corrected chi connectivity index (χ2v) is 5.42. The number of nitrogens with one attached hydrogen (secondary N) is 1. The fourth-order valence-corrected chi connectivity index (χ4v) is 2.48. The summed E-state index contributed by atoms with van der Waals surface area (Å²) in [4.78, 5) is 2.23. The van der Waals surface area contributed by atoms with E-state index in [9.17, 15) is 0 Å². The van der Waals surface area contributed by atoms with E-state index in [0.29, 0.717) is 18.2 Å². The minimum atomic E-state index is 0.406. The maximum Gasteiger partial charge on any atom is 0.0601 e. The fraction of sp³-hybridized carbons (Fsp3) is 0.600. The number of hydrogen-bond acceptors (Lipinski definition) is 3. The van der Waals surface area contributed by atoms with E-state index in [1.54, 1.807) is 7.11 Å². The summed E-state index contributed by atoms with van der Waals surface area (Å²) in [6, 6.07) is 11.7. The molecule has 3 nitrogen and oxygen atoms in total. The van der Waals surface area contributed by atoms with Gasteiger partial charge < -0.3 is 15.0 Å². The van der Waals surface area contributed by atoms with Gasteiger partial charge in [0, 0.05) is 25.7 Å². The lowest BCUT2D eigenvalue weighted by atomic mass is 9.88. The standard InChI is InChI=1S/C15H24N2O/c1-17(2)11-15(12-7-5-4-6-8-12)16-13-9-14(10-13)18-3/h4-8,13-16H,9-11H2,1-3H3. The van der Waals surface area contributed by atoms with E-state index in [1.165, 1.54) is 5.56 Å². The minimum absolute atomic E-state index is 0.406. The molecule has 1 aliphatic rings. The minimum Gasteiger partial charge on any atom is -0.381 e. The highest BCUT2D eigenvalue weighted by Crippen LogP contribution is 2.26. The Hall–Kier alpha value is -0.900. The van der Waals surface area contributed by atoms with Gasteiger partial charge in [-0.05, 0) is 32.5 Å². The van der Waals surface area contributed by atoms with Crippen molar-refractivity contribution in [2.45, 2.75) is 31.0 Å². The Balaban J connectivity index is 1.94. The summed E-state index contributed by atoms with van der Waals surface area (Å²) < 4.78 is 5.33. The van der Waals surface area contributed by atoms with Gasteiger partial charge in [0.25, 0.3) is 0 Å². The maximum absolute atomic E-state index is 5.33. The molecule has 0 radical (unpaired) electrons. The molecule has 0 spiro atoms. The van der Waals surface area contributed by atoms with Gasteiger partial charge in [-0.15, -0.1) is 0 Å². The van der Waals surface area contributed by atoms with Crippen LogP contribution < -0.4 is 5.32 Å². The predicted molar refractivity (Wildman–Crippen MR) is 74.7 cm³/mol. The lowest BCUT2D eigenvalue weighted by molar-refractivity contribution is 0.0132. The molecule has 3 heteroatoms. The quantitative estimate of drug-likeness (QED) is 0.834. The maximum atomic E-state index is 5.33. The molecule has 0 amide bonds. The molecule has 0 aromatic heterocycles. The van der Waals surface area contributed by atoms with Crippen LogP contribution in [0, 0.1) is 0 Å². The number of methoxy groups -OCH3 is 1. The van der Waals surface area contributed by atoms with Gasteiger partial charge in [0.05, 0.1) is 6.10 Å². The van der Waals surface area contributed by atoms with Gasteiger partial charge >= 0.3 is 0 Å². The van der Waals surface area contributed by atoms with E-state index < -0.39 is 0 Å². The first-order chi connectivity index (χ1) is 8.69. The Kier molecular flexibility index (Phi) is 4.75. The number of benzene rings is 1. The van der Waals surface area contributed by atoms with Crippen molar-refractivity contribution in [3.63, 3.8) is 0 Å². The van der Waals surface area contributed by atoms with Crippen molar-refractivity contribution in [2.75, 3.05) is 27.7 Å². The monoisotopic (exact) mass is 248 g/mol. The van der Waals surface area contributed by atoms with Gasteiger partial charge in [0.15, 0.2) is 0 Å². The van der Waals surface area contributed by atoms with E-state index in [-0.39, 0.29) is 0 Å². The molecule has 18 heavy (non-hydrogen) atoms. The summed E-state index contributed by atoms with van der Waals surface area (Å²) in [6.45, 7) is 1.03. The Morgan fingerprint density at radius 1 is 1.28 bits per heavy atom. The molecule has 0 aliphatic heterocycles. The first-order valence-electron chi connectivity index (χ1n) is 6.67. The Labute approximate surface area is 110 Å². The summed E-state index contributed by atoms with van der Waals surface area (Å²) in [5.74, 6) is 0. The van der Waals surface area contributed by atoms with Gasteiger partial charge in [-0.3, -0.25) is 0 Å². The molecular weight excluding hydrogens is 224 g/mol. The SMILES string of the molecule is COC1CC(NC(CN(C)C)c2ccccc2)C1. The fourth-order valence-electron chi connectivity index (χ4n) is 2.48. The van der Waals surface area contributed by atoms with E-state index in [1.807, 2.05) is 0 Å². The molecule has 1 aromatic carbocycles. The van der Waals surface area contributed by atoms with Gasteiger partial charge in [-0.25, -0.2) is 0 Å². The summed E-state index contributed by atoms with van der Waals surface area (Å²) in [5.41, 5.74) is 1.37. The molecule has 0 bridgehead atoms. The number of ether oxygens (including phenoxy) is 1. The first-order valence-corrected chi connectivity index (χ1v) is 6.67. The van der Waals surface area contributed by atoms with E-state index in [0.717, 1.165) is 19.4 Å². The highest BCUT2D eigenvalue weighted by atomic mass is 16.5. The van der Waals surface area contributed by atoms with Gasteiger partial charge in [0.2, 0.25) is 0 Å². The van der Waals surface area contributed by atoms with Crippen molar-refractivity contribution in [3.05, 3.63) is 35.9 Å². The zero-order valence-corrected chi connectivity index (χ0v) is 11.6. The van der Waals surface area contributed by atoms with Gasteiger partial charge in [-0.2, -0.15) is 0 Å². The molecule has 1 atom stereocenters. The van der Waals surface area contributed by atoms with Crippen LogP contribution in [-0.4, -0.2) is 44.8 Å². The lowest BCUT2D eigenvalue weighted by Crippen LogP contribution is -2.48. The normalized spacial score (nSPS) is 24.9. The van der Waals surface area contributed by atoms with Crippen LogP contribution in [0.5, 0.6) is 0 Å². The molecule has 0 heterocycles. The highest BCUT2D eigenvalue weighted by molar-refractivity contribution is 5.19. The lowest BCUT2D eigenvalue weighted by Gasteiger charge is -2.38. The van der Waals surface area contributed by atoms with Crippen LogP contribution in [0.3, 0.4) is 0 Å². The largest absolute Gasteiger partial charge is 0.381 e. The van der Waals surface area contributed by atoms with Crippen LogP contribution in [0.4, 0.5) is 0 Å². The van der Waals surface area contributed by atoms with Gasteiger partial charge in [-0.1, -0.05) is 30.3 Å². The van der Waals surface area contributed by atoms with Gasteiger partial charge in [0.1, 0.15) is 0 Å². The third-order valence-electron chi connectivity index (χ3n) is 3.61. The van der Waals surface area contributed by atoms with Crippen LogP contribution in [0.1, 0.15) is 24.4 Å². The van der Waals surface area contributed by atoms with Crippen molar-refractivity contribution in [3.8, 4) is 0 Å². The zero-order chi connectivity index (χ0) is 13.0. The summed E-state index contributed by atoms with van der Waals surface area (Å²) in [7, 11) is 6.04. The number of rotatable bonds is 6. The topological polar surface area (TPSA) is 24.5 Å². The second-order valence-electron chi connectivity index (χ2n) is 5.42. The number of likely N-dealkylation sites (N-methyl/N-ethyl adjacent to an activating group) is 1. The van der Waals surface area contributed by atoms with Crippen LogP contribution in [0.25, 0.3) is 0 Å². The number of nitrogens with zero attached hydrogens (tertiary/aromatic N) is 1.